The minimum Gasteiger partial charge on any atom is -0.390 e. The second-order valence-corrected chi connectivity index (χ2v) is 3.14. The first kappa shape index (κ1) is 7.01. The molecule has 0 amide bonds. The van der Waals surface area contributed by atoms with E-state index in [0.29, 0.717) is 9.88 Å². The number of nitrogen functional groups attached to an aromatic ring is 1. The number of anilines is 1. The molecule has 0 aromatic carbocycles. The zero-order chi connectivity index (χ0) is 7.72. The van der Waals surface area contributed by atoms with E-state index >= 15 is 0 Å². The van der Waals surface area contributed by atoms with E-state index in [-0.39, 0.29) is 5.69 Å². The Morgan fingerprint density at radius 2 is 2.40 bits per heavy atom. The molecule has 0 saturated carbocycles. The molecule has 1 rings (SSSR count). The fraction of sp³-hybridized carbons (Fsp3) is 0.200. The maximum atomic E-state index is 10.2. The Hall–Kier alpha value is -1.10. The average molecular weight is 158 g/mol. The minimum atomic E-state index is -0.428. The van der Waals surface area contributed by atoms with Crippen LogP contribution in [0.4, 0.5) is 10.7 Å². The van der Waals surface area contributed by atoms with Crippen LogP contribution in [0.25, 0.3) is 0 Å². The second kappa shape index (κ2) is 2.26. The fourth-order valence-corrected chi connectivity index (χ4v) is 1.44. The fourth-order valence-electron chi connectivity index (χ4n) is 0.676. The van der Waals surface area contributed by atoms with Gasteiger partial charge in [-0.2, -0.15) is 0 Å². The summed E-state index contributed by atoms with van der Waals surface area (Å²) in [7, 11) is 0. The Labute approximate surface area is 61.4 Å². The number of nitrogens with two attached hydrogens (primary N) is 1. The van der Waals surface area contributed by atoms with E-state index in [2.05, 4.69) is 0 Å². The first-order valence-electron chi connectivity index (χ1n) is 2.61. The molecule has 1 heterocycles. The SMILES string of the molecule is Cc1sc(N)cc1[N+](=O)[O-]. The summed E-state index contributed by atoms with van der Waals surface area (Å²) in [6, 6.07) is 1.38. The van der Waals surface area contributed by atoms with E-state index in [1.807, 2.05) is 0 Å². The maximum Gasteiger partial charge on any atom is 0.285 e. The molecule has 10 heavy (non-hydrogen) atoms. The molecule has 54 valence electrons. The monoisotopic (exact) mass is 158 g/mol. The van der Waals surface area contributed by atoms with Crippen molar-refractivity contribution in [1.29, 1.82) is 0 Å². The first-order chi connectivity index (χ1) is 4.61. The van der Waals surface area contributed by atoms with Crippen LogP contribution in [0.15, 0.2) is 6.07 Å². The number of rotatable bonds is 1. The molecule has 0 aliphatic heterocycles. The lowest BCUT2D eigenvalue weighted by Crippen LogP contribution is -1.85. The summed E-state index contributed by atoms with van der Waals surface area (Å²) < 4.78 is 0. The van der Waals surface area contributed by atoms with Gasteiger partial charge in [0.1, 0.15) is 0 Å². The zero-order valence-corrected chi connectivity index (χ0v) is 6.14. The van der Waals surface area contributed by atoms with Gasteiger partial charge in [0.2, 0.25) is 0 Å². The smallest absolute Gasteiger partial charge is 0.285 e. The van der Waals surface area contributed by atoms with Crippen LogP contribution < -0.4 is 5.73 Å². The van der Waals surface area contributed by atoms with Crippen molar-refractivity contribution < 1.29 is 4.92 Å². The Balaban J connectivity index is 3.15. The van der Waals surface area contributed by atoms with Crippen LogP contribution in [0.5, 0.6) is 0 Å². The van der Waals surface area contributed by atoms with E-state index in [9.17, 15) is 10.1 Å². The number of hydrogen-bond donors (Lipinski definition) is 1. The van der Waals surface area contributed by atoms with Crippen LogP contribution in [0, 0.1) is 17.0 Å². The van der Waals surface area contributed by atoms with Gasteiger partial charge in [-0.05, 0) is 6.92 Å². The standard InChI is InChI=1S/C5H6N2O2S/c1-3-4(7(8)9)2-5(6)10-3/h2H,6H2,1H3. The van der Waals surface area contributed by atoms with E-state index in [1.54, 1.807) is 6.92 Å². The lowest BCUT2D eigenvalue weighted by molar-refractivity contribution is -0.385. The lowest BCUT2D eigenvalue weighted by atomic mass is 10.4. The van der Waals surface area contributed by atoms with Gasteiger partial charge in [0.15, 0.2) is 0 Å². The van der Waals surface area contributed by atoms with Gasteiger partial charge >= 0.3 is 0 Å². The van der Waals surface area contributed by atoms with Crippen LogP contribution in [0.1, 0.15) is 4.88 Å². The van der Waals surface area contributed by atoms with Gasteiger partial charge in [0, 0.05) is 0 Å². The van der Waals surface area contributed by atoms with Crippen molar-refractivity contribution in [2.24, 2.45) is 0 Å². The van der Waals surface area contributed by atoms with Crippen LogP contribution in [0.3, 0.4) is 0 Å². The van der Waals surface area contributed by atoms with E-state index in [4.69, 9.17) is 5.73 Å². The Bertz CT molecular complexity index is 269. The largest absolute Gasteiger partial charge is 0.390 e. The summed E-state index contributed by atoms with van der Waals surface area (Å²) in [5.41, 5.74) is 5.44. The van der Waals surface area contributed by atoms with Crippen molar-refractivity contribution in [1.82, 2.24) is 0 Å². The van der Waals surface area contributed by atoms with Gasteiger partial charge in [-0.1, -0.05) is 0 Å². The Morgan fingerprint density at radius 1 is 1.80 bits per heavy atom. The van der Waals surface area contributed by atoms with Gasteiger partial charge in [-0.3, -0.25) is 10.1 Å². The van der Waals surface area contributed by atoms with Crippen molar-refractivity contribution in [2.75, 3.05) is 5.73 Å². The van der Waals surface area contributed by atoms with Crippen molar-refractivity contribution in [2.45, 2.75) is 6.92 Å². The molecular formula is C5H6N2O2S. The lowest BCUT2D eigenvalue weighted by Gasteiger charge is -1.83. The number of thiophene rings is 1. The molecule has 1 aromatic heterocycles. The predicted molar refractivity (Wildman–Crippen MR) is 40.1 cm³/mol. The molecule has 0 aliphatic rings. The second-order valence-electron chi connectivity index (χ2n) is 1.85. The molecule has 0 aliphatic carbocycles. The maximum absolute atomic E-state index is 10.2. The van der Waals surface area contributed by atoms with Crippen molar-refractivity contribution >= 4 is 22.0 Å². The number of nitro groups is 1. The highest BCUT2D eigenvalue weighted by Gasteiger charge is 2.12. The summed E-state index contributed by atoms with van der Waals surface area (Å²) in [5, 5.41) is 10.7. The molecule has 1 aromatic rings. The van der Waals surface area contributed by atoms with Gasteiger partial charge in [0.25, 0.3) is 5.69 Å². The third-order valence-corrected chi connectivity index (χ3v) is 1.98. The highest BCUT2D eigenvalue weighted by molar-refractivity contribution is 7.16. The summed E-state index contributed by atoms with van der Waals surface area (Å²) in [6.07, 6.45) is 0. The van der Waals surface area contributed by atoms with Crippen molar-refractivity contribution in [3.63, 3.8) is 0 Å². The third kappa shape index (κ3) is 1.08. The Kier molecular flexibility index (Phi) is 1.58. The normalized spacial score (nSPS) is 9.70. The summed E-state index contributed by atoms with van der Waals surface area (Å²) in [5.74, 6) is 0. The number of hydrogen-bond acceptors (Lipinski definition) is 4. The van der Waals surface area contributed by atoms with Crippen molar-refractivity contribution in [3.8, 4) is 0 Å². The quantitative estimate of drug-likeness (QED) is 0.498. The highest BCUT2D eigenvalue weighted by Crippen LogP contribution is 2.29. The Morgan fingerprint density at radius 3 is 2.60 bits per heavy atom. The molecule has 0 spiro atoms. The molecule has 4 nitrogen and oxygen atoms in total. The first-order valence-corrected chi connectivity index (χ1v) is 3.43. The van der Waals surface area contributed by atoms with Crippen LogP contribution >= 0.6 is 11.3 Å². The highest BCUT2D eigenvalue weighted by atomic mass is 32.1. The topological polar surface area (TPSA) is 69.2 Å². The third-order valence-electron chi connectivity index (χ3n) is 1.11. The number of aryl methyl sites for hydroxylation is 1. The molecule has 0 atom stereocenters. The zero-order valence-electron chi connectivity index (χ0n) is 5.33. The molecule has 0 unspecified atom stereocenters. The summed E-state index contributed by atoms with van der Waals surface area (Å²) in [6.45, 7) is 1.68. The van der Waals surface area contributed by atoms with E-state index in [1.165, 1.54) is 17.4 Å². The molecule has 0 saturated heterocycles. The molecule has 0 bridgehead atoms. The number of nitrogens with zero attached hydrogens (tertiary/aromatic N) is 1. The van der Waals surface area contributed by atoms with E-state index < -0.39 is 4.92 Å². The molecule has 0 radical (unpaired) electrons. The van der Waals surface area contributed by atoms with Crippen LogP contribution in [0.2, 0.25) is 0 Å². The molecule has 2 N–H and O–H groups in total. The van der Waals surface area contributed by atoms with Crippen molar-refractivity contribution in [3.05, 3.63) is 21.1 Å². The van der Waals surface area contributed by atoms with Gasteiger partial charge in [-0.25, -0.2) is 0 Å². The molecule has 0 fully saturated rings. The molecular weight excluding hydrogens is 152 g/mol. The van der Waals surface area contributed by atoms with Gasteiger partial charge in [0.05, 0.1) is 20.9 Å². The minimum absolute atomic E-state index is 0.113. The van der Waals surface area contributed by atoms with Gasteiger partial charge < -0.3 is 5.73 Å². The molecule has 5 heteroatoms. The van der Waals surface area contributed by atoms with Crippen LogP contribution in [-0.4, -0.2) is 4.92 Å². The van der Waals surface area contributed by atoms with E-state index in [0.717, 1.165) is 0 Å². The summed E-state index contributed by atoms with van der Waals surface area (Å²) in [4.78, 5) is 10.4. The van der Waals surface area contributed by atoms with Crippen LogP contribution in [-0.2, 0) is 0 Å². The predicted octanol–water partition coefficient (Wildman–Crippen LogP) is 1.55. The van der Waals surface area contributed by atoms with Gasteiger partial charge in [-0.15, -0.1) is 11.3 Å². The summed E-state index contributed by atoms with van der Waals surface area (Å²) >= 11 is 1.23. The average Bonchev–Trinajstić information content (AvgIpc) is 2.10.